The van der Waals surface area contributed by atoms with E-state index in [1.807, 2.05) is 0 Å². The summed E-state index contributed by atoms with van der Waals surface area (Å²) in [6, 6.07) is 1.29. The Kier molecular flexibility index (Phi) is 2.96. The Morgan fingerprint density at radius 2 is 2.15 bits per heavy atom. The third-order valence-electron chi connectivity index (χ3n) is 4.35. The maximum atomic E-state index is 11.9. The minimum Gasteiger partial charge on any atom is -0.477 e. The standard InChI is InChI=1S/C14H19N3O3/c1-8-6-10(11(16-8)12(18)19)17-13(20)15-7-14(4-5-14)9-2-3-9/h6,9,16H,2-5,7H2,1H3,(H,18,19)(H2,15,17,20). The number of carbonyl (C=O) groups is 2. The van der Waals surface area contributed by atoms with Crippen molar-refractivity contribution in [3.63, 3.8) is 0 Å². The lowest BCUT2D eigenvalue weighted by atomic mass is 10.0. The van der Waals surface area contributed by atoms with E-state index in [1.54, 1.807) is 13.0 Å². The van der Waals surface area contributed by atoms with Gasteiger partial charge in [-0.05, 0) is 50.0 Å². The van der Waals surface area contributed by atoms with Crippen LogP contribution in [0.2, 0.25) is 0 Å². The van der Waals surface area contributed by atoms with Gasteiger partial charge in [-0.25, -0.2) is 9.59 Å². The highest BCUT2D eigenvalue weighted by Crippen LogP contribution is 2.60. The van der Waals surface area contributed by atoms with Crippen molar-refractivity contribution in [2.75, 3.05) is 11.9 Å². The van der Waals surface area contributed by atoms with Crippen molar-refractivity contribution in [2.45, 2.75) is 32.6 Å². The first kappa shape index (κ1) is 13.0. The molecule has 2 amide bonds. The first-order chi connectivity index (χ1) is 9.50. The van der Waals surface area contributed by atoms with Gasteiger partial charge in [0.05, 0.1) is 5.69 Å². The monoisotopic (exact) mass is 277 g/mol. The van der Waals surface area contributed by atoms with Crippen molar-refractivity contribution >= 4 is 17.7 Å². The highest BCUT2D eigenvalue weighted by Gasteiger charge is 2.53. The van der Waals surface area contributed by atoms with Crippen LogP contribution in [0.1, 0.15) is 41.9 Å². The second kappa shape index (κ2) is 4.54. The van der Waals surface area contributed by atoms with Crippen LogP contribution in [0.15, 0.2) is 6.07 Å². The number of anilines is 1. The summed E-state index contributed by atoms with van der Waals surface area (Å²) in [6.07, 6.45) is 4.95. The zero-order chi connectivity index (χ0) is 14.3. The predicted molar refractivity (Wildman–Crippen MR) is 73.9 cm³/mol. The molecule has 4 N–H and O–H groups in total. The summed E-state index contributed by atoms with van der Waals surface area (Å²) in [5.74, 6) is -0.295. The fourth-order valence-corrected chi connectivity index (χ4v) is 2.86. The molecule has 6 nitrogen and oxygen atoms in total. The molecule has 1 heterocycles. The molecule has 1 aromatic heterocycles. The Labute approximate surface area is 116 Å². The van der Waals surface area contributed by atoms with E-state index in [0.29, 0.717) is 23.3 Å². The number of urea groups is 1. The predicted octanol–water partition coefficient (Wildman–Crippen LogP) is 2.33. The van der Waals surface area contributed by atoms with Crippen LogP contribution in [-0.4, -0.2) is 28.6 Å². The number of carboxylic acids is 1. The molecule has 2 aliphatic rings. The summed E-state index contributed by atoms with van der Waals surface area (Å²) >= 11 is 0. The first-order valence-corrected chi connectivity index (χ1v) is 6.98. The molecule has 0 aliphatic heterocycles. The van der Waals surface area contributed by atoms with Gasteiger partial charge in [-0.3, -0.25) is 0 Å². The molecule has 1 aromatic rings. The smallest absolute Gasteiger partial charge is 0.354 e. The van der Waals surface area contributed by atoms with Gasteiger partial charge < -0.3 is 20.7 Å². The van der Waals surface area contributed by atoms with Crippen LogP contribution in [0, 0.1) is 18.3 Å². The number of nitrogens with one attached hydrogen (secondary N) is 3. The Balaban J connectivity index is 1.57. The highest BCUT2D eigenvalue weighted by molar-refractivity contribution is 5.99. The van der Waals surface area contributed by atoms with Gasteiger partial charge in [0.25, 0.3) is 0 Å². The zero-order valence-corrected chi connectivity index (χ0v) is 11.5. The fourth-order valence-electron chi connectivity index (χ4n) is 2.86. The molecule has 2 fully saturated rings. The second-order valence-electron chi connectivity index (χ2n) is 5.99. The van der Waals surface area contributed by atoms with Gasteiger partial charge in [0, 0.05) is 12.2 Å². The van der Waals surface area contributed by atoms with Crippen molar-refractivity contribution in [3.05, 3.63) is 17.5 Å². The molecule has 2 saturated carbocycles. The summed E-state index contributed by atoms with van der Waals surface area (Å²) in [5, 5.41) is 14.5. The van der Waals surface area contributed by atoms with E-state index < -0.39 is 5.97 Å². The van der Waals surface area contributed by atoms with E-state index in [0.717, 1.165) is 5.92 Å². The normalized spacial score (nSPS) is 19.4. The third kappa shape index (κ3) is 2.50. The molecule has 108 valence electrons. The lowest BCUT2D eigenvalue weighted by Gasteiger charge is -2.15. The molecule has 0 saturated heterocycles. The zero-order valence-electron chi connectivity index (χ0n) is 11.5. The number of hydrogen-bond donors (Lipinski definition) is 4. The van der Waals surface area contributed by atoms with E-state index in [2.05, 4.69) is 15.6 Å². The molecule has 0 atom stereocenters. The maximum Gasteiger partial charge on any atom is 0.354 e. The van der Waals surface area contributed by atoms with Gasteiger partial charge in [0.1, 0.15) is 5.69 Å². The number of rotatable bonds is 5. The minimum atomic E-state index is -1.08. The van der Waals surface area contributed by atoms with Crippen LogP contribution in [0.5, 0.6) is 0 Å². The summed E-state index contributed by atoms with van der Waals surface area (Å²) < 4.78 is 0. The number of aromatic carboxylic acids is 1. The van der Waals surface area contributed by atoms with Crippen molar-refractivity contribution < 1.29 is 14.7 Å². The van der Waals surface area contributed by atoms with Gasteiger partial charge in [0.15, 0.2) is 0 Å². The molecular formula is C14H19N3O3. The molecule has 0 spiro atoms. The molecule has 0 aromatic carbocycles. The maximum absolute atomic E-state index is 11.9. The largest absolute Gasteiger partial charge is 0.477 e. The van der Waals surface area contributed by atoms with Crippen LogP contribution in [0.4, 0.5) is 10.5 Å². The van der Waals surface area contributed by atoms with Gasteiger partial charge in [-0.2, -0.15) is 0 Å². The summed E-state index contributed by atoms with van der Waals surface area (Å²) in [4.78, 5) is 25.6. The SMILES string of the molecule is Cc1cc(NC(=O)NCC2(C3CC3)CC2)c(C(=O)O)[nH]1. The number of aryl methyl sites for hydroxylation is 1. The third-order valence-corrected chi connectivity index (χ3v) is 4.35. The van der Waals surface area contributed by atoms with Crippen LogP contribution >= 0.6 is 0 Å². The highest BCUT2D eigenvalue weighted by atomic mass is 16.4. The quantitative estimate of drug-likeness (QED) is 0.665. The van der Waals surface area contributed by atoms with Gasteiger partial charge in [-0.1, -0.05) is 0 Å². The fraction of sp³-hybridized carbons (Fsp3) is 0.571. The average Bonchev–Trinajstić information content (AvgIpc) is 3.25. The Morgan fingerprint density at radius 1 is 1.45 bits per heavy atom. The minimum absolute atomic E-state index is 0.0148. The molecule has 3 rings (SSSR count). The molecule has 20 heavy (non-hydrogen) atoms. The molecule has 0 unspecified atom stereocenters. The van der Waals surface area contributed by atoms with Crippen LogP contribution in [0.3, 0.4) is 0 Å². The Morgan fingerprint density at radius 3 is 2.70 bits per heavy atom. The van der Waals surface area contributed by atoms with Gasteiger partial charge >= 0.3 is 12.0 Å². The lowest BCUT2D eigenvalue weighted by Crippen LogP contribution is -2.34. The van der Waals surface area contributed by atoms with Crippen molar-refractivity contribution in [1.29, 1.82) is 0 Å². The Bertz CT molecular complexity index is 556. The van der Waals surface area contributed by atoms with E-state index in [-0.39, 0.29) is 11.7 Å². The molecule has 0 radical (unpaired) electrons. The number of carbonyl (C=O) groups excluding carboxylic acids is 1. The number of aromatic nitrogens is 1. The number of hydrogen-bond acceptors (Lipinski definition) is 2. The summed E-state index contributed by atoms with van der Waals surface area (Å²) in [6.45, 7) is 2.44. The number of amides is 2. The van der Waals surface area contributed by atoms with Crippen molar-refractivity contribution in [1.82, 2.24) is 10.3 Å². The Hall–Kier alpha value is -1.98. The lowest BCUT2D eigenvalue weighted by molar-refractivity contribution is 0.0692. The van der Waals surface area contributed by atoms with Gasteiger partial charge in [0.2, 0.25) is 0 Å². The van der Waals surface area contributed by atoms with Crippen LogP contribution < -0.4 is 10.6 Å². The summed E-state index contributed by atoms with van der Waals surface area (Å²) in [7, 11) is 0. The number of aromatic amines is 1. The van der Waals surface area contributed by atoms with E-state index in [9.17, 15) is 9.59 Å². The van der Waals surface area contributed by atoms with Gasteiger partial charge in [-0.15, -0.1) is 0 Å². The molecular weight excluding hydrogens is 258 g/mol. The number of carboxylic acid groups (broad SMARTS) is 1. The number of H-pyrrole nitrogens is 1. The van der Waals surface area contributed by atoms with E-state index >= 15 is 0 Å². The van der Waals surface area contributed by atoms with E-state index in [1.165, 1.54) is 25.7 Å². The molecule has 2 aliphatic carbocycles. The molecule has 6 heteroatoms. The first-order valence-electron chi connectivity index (χ1n) is 6.98. The van der Waals surface area contributed by atoms with Crippen LogP contribution in [0.25, 0.3) is 0 Å². The van der Waals surface area contributed by atoms with Crippen molar-refractivity contribution in [3.8, 4) is 0 Å². The average molecular weight is 277 g/mol. The van der Waals surface area contributed by atoms with Crippen molar-refractivity contribution in [2.24, 2.45) is 11.3 Å². The molecule has 0 bridgehead atoms. The summed E-state index contributed by atoms with van der Waals surface area (Å²) in [5.41, 5.74) is 1.36. The van der Waals surface area contributed by atoms with Crippen LogP contribution in [-0.2, 0) is 0 Å². The van der Waals surface area contributed by atoms with E-state index in [4.69, 9.17) is 5.11 Å². The second-order valence-corrected chi connectivity index (χ2v) is 5.99. The topological polar surface area (TPSA) is 94.2 Å².